The standard InChI is InChI=1S/C84H85Br2N3O7/c1-8-11-14-17-44-94-82-54-76-73(51-79(82)87(63-28-36-69(90-4)37-29-63)64-30-38-70(91-5)39-31-64)77-55-83(95-45-18-15-12-9-2)81(89(66-34-42-72(93-7)43-35-66)68-27-23-58-21-25-62(86)48-60(58)50-68)53-75(77)78-56-84(96-46-19-16-13-10-3)80(52-74(76)78)88(65-32-40-71(92-6)41-33-65)67-26-22-57-20-24-61(85)47-59(57)49-67/h20-43,47-56H,8-19,44-46H2,1-7H3/q+3. The van der Waals surface area contributed by atoms with E-state index >= 15 is 0 Å². The first-order valence-electron chi connectivity index (χ1n) is 33.9. The van der Waals surface area contributed by atoms with Gasteiger partial charge in [-0.25, -0.2) is 0 Å². The van der Waals surface area contributed by atoms with Gasteiger partial charge in [0.15, 0.2) is 51.4 Å². The Morgan fingerprint density at radius 1 is 0.260 bits per heavy atom. The van der Waals surface area contributed by atoms with Gasteiger partial charge >= 0.3 is 0 Å². The summed E-state index contributed by atoms with van der Waals surface area (Å²) in [7, 11) is 6.83. The van der Waals surface area contributed by atoms with Crippen LogP contribution >= 0.6 is 31.9 Å². The third-order valence-electron chi connectivity index (χ3n) is 18.1. The number of benzene rings is 12. The maximum atomic E-state index is 7.34. The molecule has 3 radical (unpaired) electrons. The number of halogens is 2. The molecule has 0 bridgehead atoms. The van der Waals surface area contributed by atoms with Crippen molar-refractivity contribution in [3.8, 4) is 40.2 Å². The van der Waals surface area contributed by atoms with Gasteiger partial charge in [-0.3, -0.25) is 0 Å². The fourth-order valence-electron chi connectivity index (χ4n) is 12.9. The summed E-state index contributed by atoms with van der Waals surface area (Å²) in [4.78, 5) is 6.98. The van der Waals surface area contributed by atoms with Gasteiger partial charge in [-0.15, -0.1) is 0 Å². The highest BCUT2D eigenvalue weighted by atomic mass is 79.9. The molecular weight excluding hydrogens is 1320 g/mol. The molecule has 0 atom stereocenters. The quantitative estimate of drug-likeness (QED) is 0.0243. The second-order valence-electron chi connectivity index (χ2n) is 24.5. The molecule has 12 rings (SSSR count). The Balaban J connectivity index is 1.23. The molecule has 0 aromatic heterocycles. The van der Waals surface area contributed by atoms with Crippen molar-refractivity contribution in [2.75, 3.05) is 48.3 Å². The van der Waals surface area contributed by atoms with E-state index in [0.29, 0.717) is 19.8 Å². The van der Waals surface area contributed by atoms with Crippen LogP contribution in [0.4, 0.5) is 51.2 Å². The minimum atomic E-state index is 0.528. The van der Waals surface area contributed by atoms with Crippen LogP contribution in [0.25, 0.3) is 53.9 Å². The largest absolute Gasteiger partial charge is 0.497 e. The van der Waals surface area contributed by atoms with E-state index in [-0.39, 0.29) is 0 Å². The van der Waals surface area contributed by atoms with E-state index in [9.17, 15) is 0 Å². The molecule has 0 aliphatic heterocycles. The molecule has 12 heteroatoms. The lowest BCUT2D eigenvalue weighted by molar-refractivity contribution is 0.305. The molecule has 0 aliphatic carbocycles. The van der Waals surface area contributed by atoms with Gasteiger partial charge < -0.3 is 33.2 Å². The van der Waals surface area contributed by atoms with Gasteiger partial charge in [-0.2, -0.15) is 0 Å². The molecule has 0 amide bonds. The smallest absolute Gasteiger partial charge is 0.235 e. The molecular formula is C84H85Br2N3O7+3. The van der Waals surface area contributed by atoms with Gasteiger partial charge in [0.2, 0.25) is 17.1 Å². The number of hydrogen-bond donors (Lipinski definition) is 0. The predicted octanol–water partition coefficient (Wildman–Crippen LogP) is 25.2. The predicted molar refractivity (Wildman–Crippen MR) is 406 cm³/mol. The third kappa shape index (κ3) is 15.1. The second-order valence-corrected chi connectivity index (χ2v) is 26.3. The number of methoxy groups -OCH3 is 4. The maximum Gasteiger partial charge on any atom is 0.235 e. The van der Waals surface area contributed by atoms with Gasteiger partial charge in [0.1, 0.15) is 23.0 Å². The number of unbranched alkanes of at least 4 members (excludes halogenated alkanes) is 9. The van der Waals surface area contributed by atoms with Crippen LogP contribution in [0.5, 0.6) is 40.2 Å². The topological polar surface area (TPSA) is 82.3 Å². The minimum Gasteiger partial charge on any atom is -0.497 e. The molecule has 0 heterocycles. The van der Waals surface area contributed by atoms with Crippen molar-refractivity contribution < 1.29 is 33.2 Å². The number of ether oxygens (including phenoxy) is 7. The molecule has 0 N–H and O–H groups in total. The fraction of sp³-hybridized carbons (Fsp3) is 0.262. The van der Waals surface area contributed by atoms with Crippen LogP contribution in [-0.2, 0) is 0 Å². The van der Waals surface area contributed by atoms with E-state index in [2.05, 4.69) is 225 Å². The first kappa shape index (κ1) is 67.4. The molecule has 0 saturated heterocycles. The van der Waals surface area contributed by atoms with E-state index in [4.69, 9.17) is 33.2 Å². The molecule has 12 aromatic carbocycles. The van der Waals surface area contributed by atoms with E-state index in [0.717, 1.165) is 231 Å². The maximum absolute atomic E-state index is 7.34. The second kappa shape index (κ2) is 32.0. The van der Waals surface area contributed by atoms with Crippen LogP contribution in [0.3, 0.4) is 0 Å². The summed E-state index contributed by atoms with van der Waals surface area (Å²) in [5.74, 6) is 5.30. The number of nitrogens with zero attached hydrogens (tertiary/aromatic N) is 3. The summed E-state index contributed by atoms with van der Waals surface area (Å²) < 4.78 is 47.2. The number of fused-ring (bicyclic) bond motifs is 8. The Morgan fingerprint density at radius 3 is 0.802 bits per heavy atom. The number of anilines is 9. The van der Waals surface area contributed by atoms with Crippen molar-refractivity contribution >= 4 is 137 Å². The number of rotatable bonds is 31. The van der Waals surface area contributed by atoms with Crippen molar-refractivity contribution in [1.29, 1.82) is 0 Å². The Morgan fingerprint density at radius 2 is 0.521 bits per heavy atom. The van der Waals surface area contributed by atoms with Crippen molar-refractivity contribution in [1.82, 2.24) is 14.7 Å². The molecule has 10 nitrogen and oxygen atoms in total. The monoisotopic (exact) mass is 1410 g/mol. The average molecular weight is 1410 g/mol. The molecule has 0 fully saturated rings. The van der Waals surface area contributed by atoms with Crippen LogP contribution in [0.1, 0.15) is 97.8 Å². The zero-order valence-corrected chi connectivity index (χ0v) is 59.4. The Kier molecular flexibility index (Phi) is 22.4. The lowest BCUT2D eigenvalue weighted by Gasteiger charge is -2.21. The summed E-state index contributed by atoms with van der Waals surface area (Å²) in [6.45, 7) is 8.33. The highest BCUT2D eigenvalue weighted by Crippen LogP contribution is 2.53. The van der Waals surface area contributed by atoms with Crippen LogP contribution < -0.4 is 47.9 Å². The molecule has 0 aliphatic rings. The van der Waals surface area contributed by atoms with E-state index < -0.39 is 0 Å². The van der Waals surface area contributed by atoms with Crippen LogP contribution in [-0.4, -0.2) is 48.3 Å². The summed E-state index contributed by atoms with van der Waals surface area (Å²) in [6.07, 6.45) is 12.6. The fourth-order valence-corrected chi connectivity index (χ4v) is 13.7. The van der Waals surface area contributed by atoms with E-state index in [1.54, 1.807) is 28.4 Å². The first-order chi connectivity index (χ1) is 47.1. The molecule has 0 saturated carbocycles. The third-order valence-corrected chi connectivity index (χ3v) is 19.1. The van der Waals surface area contributed by atoms with Crippen molar-refractivity contribution in [3.63, 3.8) is 0 Å². The summed E-state index contributed by atoms with van der Waals surface area (Å²) in [5.41, 5.74) is 8.33. The highest BCUT2D eigenvalue weighted by Gasteiger charge is 2.37. The Labute approximate surface area is 582 Å². The van der Waals surface area contributed by atoms with Gasteiger partial charge in [0.25, 0.3) is 0 Å². The summed E-state index contributed by atoms with van der Waals surface area (Å²) in [6, 6.07) is 73.5. The van der Waals surface area contributed by atoms with Crippen LogP contribution in [0.2, 0.25) is 0 Å². The summed E-state index contributed by atoms with van der Waals surface area (Å²) >= 11 is 7.61. The summed E-state index contributed by atoms with van der Waals surface area (Å²) in [5, 5.41) is 10.5. The van der Waals surface area contributed by atoms with Crippen LogP contribution in [0.15, 0.2) is 215 Å². The molecule has 0 spiro atoms. The van der Waals surface area contributed by atoms with E-state index in [1.165, 1.54) is 0 Å². The molecule has 489 valence electrons. The lowest BCUT2D eigenvalue weighted by atomic mass is 9.91. The first-order valence-corrected chi connectivity index (χ1v) is 35.5. The Bertz CT molecular complexity index is 4400. The van der Waals surface area contributed by atoms with Gasteiger partial charge in [-0.1, -0.05) is 137 Å². The number of hydrogen-bond acceptors (Lipinski definition) is 10. The van der Waals surface area contributed by atoms with Crippen molar-refractivity contribution in [2.45, 2.75) is 97.8 Å². The normalized spacial score (nSPS) is 11.7. The molecule has 0 unspecified atom stereocenters. The Hall–Kier alpha value is -8.62. The lowest BCUT2D eigenvalue weighted by Crippen LogP contribution is -2.15. The van der Waals surface area contributed by atoms with E-state index in [1.807, 2.05) is 48.5 Å². The zero-order chi connectivity index (χ0) is 66.5. The van der Waals surface area contributed by atoms with Crippen LogP contribution in [0, 0.1) is 0 Å². The minimum absolute atomic E-state index is 0.528. The molecule has 12 aromatic rings. The van der Waals surface area contributed by atoms with Gasteiger partial charge in [-0.05, 0) is 176 Å². The van der Waals surface area contributed by atoms with Gasteiger partial charge in [0.05, 0.1) is 48.3 Å². The average Bonchev–Trinajstić information content (AvgIpc) is 0.720. The zero-order valence-electron chi connectivity index (χ0n) is 56.2. The van der Waals surface area contributed by atoms with Gasteiger partial charge in [0, 0.05) is 99.9 Å². The highest BCUT2D eigenvalue weighted by molar-refractivity contribution is 9.10. The molecule has 96 heavy (non-hydrogen) atoms. The van der Waals surface area contributed by atoms with Crippen molar-refractivity contribution in [2.24, 2.45) is 0 Å². The van der Waals surface area contributed by atoms with Crippen molar-refractivity contribution in [3.05, 3.63) is 215 Å². The SMILES string of the molecule is CCCCCCOc1cc2c(cc1[N+](c1ccc(OC)cc1)c1ccc(OC)cc1)c1cc(OCCCCCC)c([N+](c3ccc(OC)cc3)c3ccc4ccc(Br)cc4c3)cc1c1cc(OCCCCCC)c([N+](c3ccc(OC)cc3)c3ccc4ccc(Br)cc4c3)cc21.